The third kappa shape index (κ3) is 5.96. The summed E-state index contributed by atoms with van der Waals surface area (Å²) in [4.78, 5) is 21.8. The summed E-state index contributed by atoms with van der Waals surface area (Å²) in [7, 11) is 0. The summed E-state index contributed by atoms with van der Waals surface area (Å²) in [6.45, 7) is 3.75. The molecule has 19 heavy (non-hydrogen) atoms. The van der Waals surface area contributed by atoms with Crippen LogP contribution in [0.1, 0.15) is 33.1 Å². The van der Waals surface area contributed by atoms with Gasteiger partial charge in [-0.2, -0.15) is 0 Å². The Kier molecular flexibility index (Phi) is 6.51. The number of ketones is 1. The zero-order valence-corrected chi connectivity index (χ0v) is 11.6. The minimum absolute atomic E-state index is 0.278. The largest absolute Gasteiger partial charge is 0.298 e. The summed E-state index contributed by atoms with van der Waals surface area (Å²) in [6, 6.07) is 0. The average Bonchev–Trinajstić information content (AvgIpc) is 2.80. The van der Waals surface area contributed by atoms with Gasteiger partial charge in [-0.15, -0.1) is 0 Å². The number of hydrogen-bond donors (Lipinski definition) is 0. The van der Waals surface area contributed by atoms with Crippen LogP contribution in [0.5, 0.6) is 0 Å². The number of aldehydes is 1. The molecule has 0 aromatic carbocycles. The fraction of sp³-hybridized carbons (Fsp3) is 0.294. The number of carbonyl (C=O) groups is 2. The molecule has 2 nitrogen and oxygen atoms in total. The Morgan fingerprint density at radius 3 is 2.26 bits per heavy atom. The van der Waals surface area contributed by atoms with Crippen LogP contribution >= 0.6 is 0 Å². The Morgan fingerprint density at radius 1 is 1.00 bits per heavy atom. The average molecular weight is 256 g/mol. The SMILES string of the molecule is C\C(C=O)=C/C=C/C=C(C)/C=C/C=C1\CCCC1=O. The lowest BCUT2D eigenvalue weighted by Crippen LogP contribution is -1.89. The Bertz CT molecular complexity index is 485. The molecule has 1 saturated carbocycles. The second-order valence-corrected chi connectivity index (χ2v) is 4.65. The van der Waals surface area contributed by atoms with Crippen molar-refractivity contribution in [1.82, 2.24) is 0 Å². The Balaban J connectivity index is 2.52. The number of allylic oxidation sites excluding steroid dienone is 10. The van der Waals surface area contributed by atoms with Crippen molar-refractivity contribution >= 4 is 12.1 Å². The van der Waals surface area contributed by atoms with E-state index in [0.29, 0.717) is 12.0 Å². The second-order valence-electron chi connectivity index (χ2n) is 4.65. The van der Waals surface area contributed by atoms with Crippen molar-refractivity contribution in [2.45, 2.75) is 33.1 Å². The van der Waals surface area contributed by atoms with E-state index in [1.165, 1.54) is 0 Å². The van der Waals surface area contributed by atoms with Crippen LogP contribution < -0.4 is 0 Å². The van der Waals surface area contributed by atoms with Crippen molar-refractivity contribution < 1.29 is 9.59 Å². The van der Waals surface area contributed by atoms with Crippen LogP contribution in [0.4, 0.5) is 0 Å². The Labute approximate surface area is 114 Å². The Hall–Kier alpha value is -1.96. The quantitative estimate of drug-likeness (QED) is 0.425. The highest BCUT2D eigenvalue weighted by atomic mass is 16.1. The maximum absolute atomic E-state index is 11.4. The third-order valence-corrected chi connectivity index (χ3v) is 2.88. The van der Waals surface area contributed by atoms with Gasteiger partial charge in [-0.1, -0.05) is 48.1 Å². The molecule has 0 aliphatic heterocycles. The van der Waals surface area contributed by atoms with Gasteiger partial charge in [0.15, 0.2) is 5.78 Å². The molecule has 0 saturated heterocycles. The molecule has 0 spiro atoms. The van der Waals surface area contributed by atoms with Crippen LogP contribution in [-0.2, 0) is 9.59 Å². The lowest BCUT2D eigenvalue weighted by atomic mass is 10.2. The first-order valence-corrected chi connectivity index (χ1v) is 6.51. The highest BCUT2D eigenvalue weighted by Crippen LogP contribution is 2.20. The first kappa shape index (κ1) is 15.1. The van der Waals surface area contributed by atoms with Crippen LogP contribution in [0, 0.1) is 0 Å². The number of carbonyl (C=O) groups excluding carboxylic acids is 2. The molecule has 0 N–H and O–H groups in total. The fourth-order valence-corrected chi connectivity index (χ4v) is 1.74. The summed E-state index contributed by atoms with van der Waals surface area (Å²) in [6.07, 6.45) is 16.7. The summed E-state index contributed by atoms with van der Waals surface area (Å²) < 4.78 is 0. The first-order chi connectivity index (χ1) is 9.13. The summed E-state index contributed by atoms with van der Waals surface area (Å²) >= 11 is 0. The van der Waals surface area contributed by atoms with Gasteiger partial charge in [-0.25, -0.2) is 0 Å². The molecule has 0 bridgehead atoms. The van der Waals surface area contributed by atoms with Crippen molar-refractivity contribution in [3.8, 4) is 0 Å². The molecule has 0 amide bonds. The smallest absolute Gasteiger partial charge is 0.158 e. The van der Waals surface area contributed by atoms with Crippen LogP contribution in [0.3, 0.4) is 0 Å². The van der Waals surface area contributed by atoms with Crippen molar-refractivity contribution in [3.05, 3.63) is 59.3 Å². The van der Waals surface area contributed by atoms with Gasteiger partial charge in [0, 0.05) is 6.42 Å². The van der Waals surface area contributed by atoms with Crippen molar-refractivity contribution in [2.24, 2.45) is 0 Å². The van der Waals surface area contributed by atoms with Crippen LogP contribution in [0.2, 0.25) is 0 Å². The van der Waals surface area contributed by atoms with Crippen molar-refractivity contribution in [1.29, 1.82) is 0 Å². The molecule has 1 aliphatic rings. The topological polar surface area (TPSA) is 34.1 Å². The van der Waals surface area contributed by atoms with Gasteiger partial charge in [-0.3, -0.25) is 9.59 Å². The molecule has 1 rings (SSSR count). The molecule has 100 valence electrons. The second kappa shape index (κ2) is 8.20. The molecule has 0 atom stereocenters. The lowest BCUT2D eigenvalue weighted by molar-refractivity contribution is -0.114. The van der Waals surface area contributed by atoms with Crippen LogP contribution in [0.25, 0.3) is 0 Å². The minimum atomic E-state index is 0.278. The van der Waals surface area contributed by atoms with E-state index in [-0.39, 0.29) is 5.78 Å². The molecule has 2 heteroatoms. The third-order valence-electron chi connectivity index (χ3n) is 2.88. The zero-order valence-electron chi connectivity index (χ0n) is 11.6. The van der Waals surface area contributed by atoms with Gasteiger partial charge >= 0.3 is 0 Å². The monoisotopic (exact) mass is 256 g/mol. The number of Topliss-reactive ketones (excluding diaryl/α,β-unsaturated/α-hetero) is 1. The highest BCUT2D eigenvalue weighted by molar-refractivity contribution is 5.97. The maximum Gasteiger partial charge on any atom is 0.158 e. The molecule has 0 unspecified atom stereocenters. The van der Waals surface area contributed by atoms with Crippen molar-refractivity contribution in [3.63, 3.8) is 0 Å². The van der Waals surface area contributed by atoms with Gasteiger partial charge in [0.2, 0.25) is 0 Å². The van der Waals surface area contributed by atoms with E-state index in [9.17, 15) is 9.59 Å². The molecule has 1 fully saturated rings. The van der Waals surface area contributed by atoms with E-state index in [2.05, 4.69) is 0 Å². The van der Waals surface area contributed by atoms with E-state index in [1.54, 1.807) is 13.0 Å². The first-order valence-electron chi connectivity index (χ1n) is 6.51. The Morgan fingerprint density at radius 2 is 1.68 bits per heavy atom. The van der Waals surface area contributed by atoms with Crippen LogP contribution in [-0.4, -0.2) is 12.1 Å². The van der Waals surface area contributed by atoms with Gasteiger partial charge in [0.05, 0.1) is 0 Å². The molecule has 1 aliphatic carbocycles. The van der Waals surface area contributed by atoms with Crippen molar-refractivity contribution in [2.75, 3.05) is 0 Å². The van der Waals surface area contributed by atoms with E-state index >= 15 is 0 Å². The molecular formula is C17H20O2. The molecular weight excluding hydrogens is 236 g/mol. The van der Waals surface area contributed by atoms with E-state index in [0.717, 1.165) is 30.3 Å². The molecule has 0 radical (unpaired) electrons. The van der Waals surface area contributed by atoms with Crippen LogP contribution in [0.15, 0.2) is 59.3 Å². The van der Waals surface area contributed by atoms with E-state index < -0.39 is 0 Å². The molecule has 0 aromatic heterocycles. The van der Waals surface area contributed by atoms with E-state index in [4.69, 9.17) is 0 Å². The standard InChI is InChI=1S/C17H20O2/c1-14(7-3-4-8-15(2)13-18)9-5-10-16-11-6-12-17(16)19/h3-5,7-10,13H,6,11-12H2,1-2H3/b4-3+,9-5+,14-7+,15-8+,16-10+. The van der Waals surface area contributed by atoms with Gasteiger partial charge in [0.1, 0.15) is 6.29 Å². The normalized spacial score (nSPS) is 20.1. The van der Waals surface area contributed by atoms with Gasteiger partial charge < -0.3 is 0 Å². The predicted molar refractivity (Wildman–Crippen MR) is 78.8 cm³/mol. The fourth-order valence-electron chi connectivity index (χ4n) is 1.74. The summed E-state index contributed by atoms with van der Waals surface area (Å²) in [5.41, 5.74) is 2.72. The maximum atomic E-state index is 11.4. The van der Waals surface area contributed by atoms with Gasteiger partial charge in [-0.05, 0) is 37.8 Å². The number of rotatable bonds is 5. The molecule has 0 heterocycles. The predicted octanol–water partition coefficient (Wildman–Crippen LogP) is 3.87. The molecule has 0 aromatic rings. The highest BCUT2D eigenvalue weighted by Gasteiger charge is 2.15. The lowest BCUT2D eigenvalue weighted by Gasteiger charge is -1.90. The number of hydrogen-bond acceptors (Lipinski definition) is 2. The summed E-state index contributed by atoms with van der Waals surface area (Å²) in [5.74, 6) is 0.278. The zero-order chi connectivity index (χ0) is 14.1. The van der Waals surface area contributed by atoms with E-state index in [1.807, 2.05) is 43.4 Å². The summed E-state index contributed by atoms with van der Waals surface area (Å²) in [5, 5.41) is 0. The van der Waals surface area contributed by atoms with Gasteiger partial charge in [0.25, 0.3) is 0 Å². The minimum Gasteiger partial charge on any atom is -0.298 e.